The number of amides is 3. The van der Waals surface area contributed by atoms with Crippen molar-refractivity contribution in [2.45, 2.75) is 38.6 Å². The maximum absolute atomic E-state index is 11.8. The molecular weight excluding hydrogens is 276 g/mol. The van der Waals surface area contributed by atoms with E-state index in [2.05, 4.69) is 5.32 Å². The minimum absolute atomic E-state index is 0.00227. The van der Waals surface area contributed by atoms with Crippen LogP contribution >= 0.6 is 11.3 Å². The van der Waals surface area contributed by atoms with Crippen LogP contribution in [0.4, 0.5) is 0 Å². The van der Waals surface area contributed by atoms with Gasteiger partial charge in [0.05, 0.1) is 6.04 Å². The van der Waals surface area contributed by atoms with Crippen molar-refractivity contribution in [1.29, 1.82) is 0 Å². The van der Waals surface area contributed by atoms with Crippen molar-refractivity contribution < 1.29 is 14.4 Å². The van der Waals surface area contributed by atoms with E-state index >= 15 is 0 Å². The van der Waals surface area contributed by atoms with E-state index in [0.717, 1.165) is 4.88 Å². The number of carbonyl (C=O) groups excluding carboxylic acids is 3. The molecule has 1 atom stereocenters. The largest absolute Gasteiger partial charge is 0.349 e. The van der Waals surface area contributed by atoms with Crippen LogP contribution in [0.2, 0.25) is 0 Å². The molecule has 0 aliphatic carbocycles. The van der Waals surface area contributed by atoms with Crippen LogP contribution in [0.25, 0.3) is 0 Å². The summed E-state index contributed by atoms with van der Waals surface area (Å²) in [6.07, 6.45) is 1.45. The Morgan fingerprint density at radius 3 is 2.70 bits per heavy atom. The second-order valence-electron chi connectivity index (χ2n) is 4.85. The summed E-state index contributed by atoms with van der Waals surface area (Å²) >= 11 is 1.61. The van der Waals surface area contributed by atoms with Crippen LogP contribution in [0.5, 0.6) is 0 Å². The number of imide groups is 1. The third-order valence-electron chi connectivity index (χ3n) is 3.29. The van der Waals surface area contributed by atoms with E-state index in [1.54, 1.807) is 11.3 Å². The second kappa shape index (κ2) is 6.65. The average molecular weight is 294 g/mol. The number of hydrogen-bond acceptors (Lipinski definition) is 4. The highest BCUT2D eigenvalue weighted by Crippen LogP contribution is 2.18. The van der Waals surface area contributed by atoms with Crippen molar-refractivity contribution in [3.8, 4) is 0 Å². The van der Waals surface area contributed by atoms with Crippen molar-refractivity contribution in [1.82, 2.24) is 10.2 Å². The van der Waals surface area contributed by atoms with Gasteiger partial charge in [-0.3, -0.25) is 19.3 Å². The number of thiophene rings is 1. The predicted molar refractivity (Wildman–Crippen MR) is 76.1 cm³/mol. The third-order valence-corrected chi connectivity index (χ3v) is 4.34. The normalized spacial score (nSPS) is 16.6. The summed E-state index contributed by atoms with van der Waals surface area (Å²) in [7, 11) is 0. The molecule has 6 heteroatoms. The summed E-state index contributed by atoms with van der Waals surface area (Å²) in [5.74, 6) is -0.297. The highest BCUT2D eigenvalue weighted by molar-refractivity contribution is 7.10. The smallest absolute Gasteiger partial charge is 0.229 e. The van der Waals surface area contributed by atoms with E-state index in [1.807, 2.05) is 24.4 Å². The van der Waals surface area contributed by atoms with Gasteiger partial charge < -0.3 is 5.32 Å². The van der Waals surface area contributed by atoms with E-state index in [4.69, 9.17) is 0 Å². The fourth-order valence-electron chi connectivity index (χ4n) is 2.19. The Labute approximate surface area is 122 Å². The highest BCUT2D eigenvalue weighted by atomic mass is 32.1. The lowest BCUT2D eigenvalue weighted by molar-refractivity contribution is -0.138. The lowest BCUT2D eigenvalue weighted by atomic mass is 10.2. The Morgan fingerprint density at radius 2 is 2.10 bits per heavy atom. The maximum atomic E-state index is 11.8. The zero-order valence-corrected chi connectivity index (χ0v) is 12.2. The van der Waals surface area contributed by atoms with Crippen LogP contribution in [-0.2, 0) is 14.4 Å². The Hall–Kier alpha value is -1.69. The molecule has 20 heavy (non-hydrogen) atoms. The zero-order chi connectivity index (χ0) is 14.5. The third kappa shape index (κ3) is 3.66. The van der Waals surface area contributed by atoms with Crippen LogP contribution in [0.1, 0.15) is 43.5 Å². The number of likely N-dealkylation sites (tertiary alicyclic amines) is 1. The summed E-state index contributed by atoms with van der Waals surface area (Å²) < 4.78 is 0. The summed E-state index contributed by atoms with van der Waals surface area (Å²) in [6, 6.07) is 3.93. The lowest BCUT2D eigenvalue weighted by Gasteiger charge is -2.15. The Bertz CT molecular complexity index is 483. The summed E-state index contributed by atoms with van der Waals surface area (Å²) in [5.41, 5.74) is 0. The highest BCUT2D eigenvalue weighted by Gasteiger charge is 2.28. The van der Waals surface area contributed by atoms with E-state index in [1.165, 1.54) is 4.90 Å². The van der Waals surface area contributed by atoms with Gasteiger partial charge in [-0.25, -0.2) is 0 Å². The predicted octanol–water partition coefficient (Wildman–Crippen LogP) is 1.85. The topological polar surface area (TPSA) is 66.5 Å². The molecule has 2 heterocycles. The number of carbonyl (C=O) groups is 3. The zero-order valence-electron chi connectivity index (χ0n) is 11.4. The number of nitrogens with zero attached hydrogens (tertiary/aromatic N) is 1. The molecule has 1 aromatic rings. The Kier molecular flexibility index (Phi) is 4.89. The first kappa shape index (κ1) is 14.7. The van der Waals surface area contributed by atoms with Gasteiger partial charge in [0.1, 0.15) is 0 Å². The molecule has 1 fully saturated rings. The minimum Gasteiger partial charge on any atom is -0.349 e. The summed E-state index contributed by atoms with van der Waals surface area (Å²) in [6.45, 7) is 2.29. The van der Waals surface area contributed by atoms with Gasteiger partial charge in [0, 0.05) is 30.7 Å². The molecule has 3 amide bonds. The van der Waals surface area contributed by atoms with Gasteiger partial charge in [-0.1, -0.05) is 6.07 Å². The molecular formula is C14H18N2O3S. The van der Waals surface area contributed by atoms with Crippen molar-refractivity contribution in [3.63, 3.8) is 0 Å². The fourth-order valence-corrected chi connectivity index (χ4v) is 2.93. The van der Waals surface area contributed by atoms with Gasteiger partial charge in [0.2, 0.25) is 17.7 Å². The van der Waals surface area contributed by atoms with Crippen LogP contribution in [0, 0.1) is 0 Å². The minimum atomic E-state index is -0.123. The van der Waals surface area contributed by atoms with Crippen LogP contribution in [0.15, 0.2) is 17.5 Å². The first-order valence-corrected chi connectivity index (χ1v) is 7.62. The molecule has 0 unspecified atom stereocenters. The Balaban J connectivity index is 1.70. The molecule has 108 valence electrons. The van der Waals surface area contributed by atoms with Gasteiger partial charge in [0.25, 0.3) is 0 Å². The van der Waals surface area contributed by atoms with E-state index < -0.39 is 0 Å². The molecule has 0 spiro atoms. The molecule has 0 bridgehead atoms. The molecule has 0 radical (unpaired) electrons. The van der Waals surface area contributed by atoms with Crippen LogP contribution < -0.4 is 5.32 Å². The number of nitrogens with one attached hydrogen (secondary N) is 1. The van der Waals surface area contributed by atoms with Gasteiger partial charge in [-0.15, -0.1) is 11.3 Å². The van der Waals surface area contributed by atoms with Crippen molar-refractivity contribution >= 4 is 29.1 Å². The van der Waals surface area contributed by atoms with Gasteiger partial charge in [-0.2, -0.15) is 0 Å². The van der Waals surface area contributed by atoms with Gasteiger partial charge in [0.15, 0.2) is 0 Å². The monoisotopic (exact) mass is 294 g/mol. The average Bonchev–Trinajstić information content (AvgIpc) is 3.03. The van der Waals surface area contributed by atoms with E-state index in [9.17, 15) is 14.4 Å². The number of hydrogen-bond donors (Lipinski definition) is 1. The molecule has 2 rings (SSSR count). The molecule has 1 N–H and O–H groups in total. The standard InChI is InChI=1S/C14H18N2O3S/c1-10(11-4-3-9-20-11)15-12(17)5-2-8-16-13(18)6-7-14(16)19/h3-4,9-10H,2,5-8H2,1H3,(H,15,17)/t10-/m1/s1. The van der Waals surface area contributed by atoms with Gasteiger partial charge in [-0.05, 0) is 24.8 Å². The first-order chi connectivity index (χ1) is 9.58. The van der Waals surface area contributed by atoms with Gasteiger partial charge >= 0.3 is 0 Å². The van der Waals surface area contributed by atoms with Crippen LogP contribution in [-0.4, -0.2) is 29.2 Å². The maximum Gasteiger partial charge on any atom is 0.229 e. The molecule has 1 aromatic heterocycles. The van der Waals surface area contributed by atoms with E-state index in [-0.39, 0.29) is 23.8 Å². The fraction of sp³-hybridized carbons (Fsp3) is 0.500. The molecule has 5 nitrogen and oxygen atoms in total. The first-order valence-electron chi connectivity index (χ1n) is 6.74. The Morgan fingerprint density at radius 1 is 1.40 bits per heavy atom. The SMILES string of the molecule is C[C@@H](NC(=O)CCCN1C(=O)CCC1=O)c1cccs1. The molecule has 0 aromatic carbocycles. The second-order valence-corrected chi connectivity index (χ2v) is 5.83. The molecule has 1 saturated heterocycles. The van der Waals surface area contributed by atoms with E-state index in [0.29, 0.717) is 32.2 Å². The van der Waals surface area contributed by atoms with Crippen molar-refractivity contribution in [2.75, 3.05) is 6.54 Å². The van der Waals surface area contributed by atoms with Crippen LogP contribution in [0.3, 0.4) is 0 Å². The van der Waals surface area contributed by atoms with Crippen molar-refractivity contribution in [2.24, 2.45) is 0 Å². The number of rotatable bonds is 6. The van der Waals surface area contributed by atoms with Crippen molar-refractivity contribution in [3.05, 3.63) is 22.4 Å². The quantitative estimate of drug-likeness (QED) is 0.814. The molecule has 1 aliphatic rings. The molecule has 0 saturated carbocycles. The lowest BCUT2D eigenvalue weighted by Crippen LogP contribution is -2.31. The molecule has 1 aliphatic heterocycles. The summed E-state index contributed by atoms with van der Waals surface area (Å²) in [5, 5.41) is 4.89. The summed E-state index contributed by atoms with van der Waals surface area (Å²) in [4.78, 5) is 37.0.